The van der Waals surface area contributed by atoms with Crippen LogP contribution in [0.1, 0.15) is 25.3 Å². The number of nitrogens with zero attached hydrogens (tertiary/aromatic N) is 3. The molecule has 7 nitrogen and oxygen atoms in total. The summed E-state index contributed by atoms with van der Waals surface area (Å²) in [5, 5.41) is 22.0. The fourth-order valence-corrected chi connectivity index (χ4v) is 3.41. The maximum atomic E-state index is 13.1. The summed E-state index contributed by atoms with van der Waals surface area (Å²) < 4.78 is 13.1. The molecule has 1 aliphatic rings. The van der Waals surface area contributed by atoms with Crippen LogP contribution in [0.2, 0.25) is 0 Å². The van der Waals surface area contributed by atoms with Crippen molar-refractivity contribution in [3.8, 4) is 6.07 Å². The average Bonchev–Trinajstić information content (AvgIpc) is 2.76. The average molecular weight is 421 g/mol. The van der Waals surface area contributed by atoms with Crippen molar-refractivity contribution in [1.82, 2.24) is 0 Å². The molecule has 1 heterocycles. The Labute approximate surface area is 180 Å². The minimum atomic E-state index is -0.469. The van der Waals surface area contributed by atoms with Gasteiger partial charge in [0.05, 0.1) is 34.3 Å². The van der Waals surface area contributed by atoms with Crippen molar-refractivity contribution in [2.45, 2.75) is 25.9 Å². The summed E-state index contributed by atoms with van der Waals surface area (Å²) in [6.07, 6.45) is 2.17. The molecule has 0 spiro atoms. The van der Waals surface area contributed by atoms with Gasteiger partial charge in [0.1, 0.15) is 11.9 Å². The number of rotatable bonds is 5. The van der Waals surface area contributed by atoms with Gasteiger partial charge in [-0.2, -0.15) is 5.26 Å². The van der Waals surface area contributed by atoms with Crippen LogP contribution in [0.5, 0.6) is 0 Å². The highest BCUT2D eigenvalue weighted by atomic mass is 19.1. The monoisotopic (exact) mass is 421 g/mol. The summed E-state index contributed by atoms with van der Waals surface area (Å²) in [5.41, 5.74) is 8.34. The third-order valence-electron chi connectivity index (χ3n) is 5.10. The number of aliphatic imine (C=N–C) groups is 1. The topological polar surface area (TPSA) is 115 Å². The Bertz CT molecular complexity index is 1050. The molecule has 0 bridgehead atoms. The fourth-order valence-electron chi connectivity index (χ4n) is 3.41. The maximum absolute atomic E-state index is 13.1. The molecule has 3 rings (SSSR count). The maximum Gasteiger partial charge on any atom is 0.258 e. The zero-order valence-corrected chi connectivity index (χ0v) is 17.2. The number of nitriles is 1. The zero-order valence-electron chi connectivity index (χ0n) is 17.2. The Kier molecular flexibility index (Phi) is 7.00. The Hall–Kier alpha value is -3.70. The number of nitrogens with two attached hydrogens (primary N) is 1. The first-order valence-electron chi connectivity index (χ1n) is 9.93. The molecule has 31 heavy (non-hydrogen) atoms. The van der Waals surface area contributed by atoms with Crippen LogP contribution < -0.4 is 16.0 Å². The molecule has 0 saturated carbocycles. The molecule has 0 unspecified atom stereocenters. The predicted molar refractivity (Wildman–Crippen MR) is 119 cm³/mol. The van der Waals surface area contributed by atoms with Gasteiger partial charge in [0.2, 0.25) is 0 Å². The minimum Gasteiger partial charge on any atom is -0.404 e. The fraction of sp³-hybridized carbons (Fsp3) is 0.261. The van der Waals surface area contributed by atoms with Gasteiger partial charge in [-0.1, -0.05) is 0 Å². The molecule has 0 aromatic heterocycles. The Morgan fingerprint density at radius 3 is 2.58 bits per heavy atom. The number of hydrogen-bond donors (Lipinski definition) is 3. The predicted octanol–water partition coefficient (Wildman–Crippen LogP) is 3.23. The molecular weight excluding hydrogens is 397 g/mol. The highest BCUT2D eigenvalue weighted by Crippen LogP contribution is 2.27. The summed E-state index contributed by atoms with van der Waals surface area (Å²) in [4.78, 5) is 19.1. The number of hydrogen-bond acceptors (Lipinski definition) is 6. The number of carbonyl (C=O) groups is 1. The van der Waals surface area contributed by atoms with Crippen LogP contribution in [-0.2, 0) is 4.79 Å². The van der Waals surface area contributed by atoms with Crippen molar-refractivity contribution in [1.29, 1.82) is 5.26 Å². The number of piperidine rings is 1. The van der Waals surface area contributed by atoms with Crippen molar-refractivity contribution in [3.63, 3.8) is 0 Å². The van der Waals surface area contributed by atoms with E-state index in [-0.39, 0.29) is 17.5 Å². The highest BCUT2D eigenvalue weighted by molar-refractivity contribution is 6.25. The van der Waals surface area contributed by atoms with Crippen LogP contribution in [0.4, 0.5) is 21.5 Å². The molecule has 2 aromatic rings. The number of carbonyl (C=O) groups excluding carboxylic acids is 1. The SMILES string of the molecule is CC(=Nc1ccc(F)cc1)C(=CN)C(=O)Nc1ccc(N2CCC(O)CC2)c(C#N)c1. The van der Waals surface area contributed by atoms with E-state index in [9.17, 15) is 19.6 Å². The number of benzene rings is 2. The molecule has 0 radical (unpaired) electrons. The first-order chi connectivity index (χ1) is 14.9. The van der Waals surface area contributed by atoms with Gasteiger partial charge in [0, 0.05) is 25.0 Å². The van der Waals surface area contributed by atoms with Crippen LogP contribution in [-0.4, -0.2) is 35.9 Å². The normalized spacial score (nSPS) is 15.5. The van der Waals surface area contributed by atoms with Crippen LogP contribution >= 0.6 is 0 Å². The van der Waals surface area contributed by atoms with Crippen molar-refractivity contribution >= 4 is 28.7 Å². The first kappa shape index (κ1) is 22.0. The molecule has 1 fully saturated rings. The number of amides is 1. The van der Waals surface area contributed by atoms with Gasteiger partial charge in [0.25, 0.3) is 5.91 Å². The number of halogens is 1. The third-order valence-corrected chi connectivity index (χ3v) is 5.10. The summed E-state index contributed by atoms with van der Waals surface area (Å²) in [5.74, 6) is -0.843. The number of anilines is 2. The molecule has 1 aliphatic heterocycles. The van der Waals surface area contributed by atoms with E-state index >= 15 is 0 Å². The van der Waals surface area contributed by atoms with Crippen LogP contribution in [0.25, 0.3) is 0 Å². The van der Waals surface area contributed by atoms with E-state index < -0.39 is 5.91 Å². The van der Waals surface area contributed by atoms with Crippen LogP contribution in [0, 0.1) is 17.1 Å². The van der Waals surface area contributed by atoms with Crippen molar-refractivity contribution in [2.75, 3.05) is 23.3 Å². The Balaban J connectivity index is 1.75. The molecule has 2 aromatic carbocycles. The van der Waals surface area contributed by atoms with Crippen molar-refractivity contribution < 1.29 is 14.3 Å². The molecule has 0 atom stereocenters. The lowest BCUT2D eigenvalue weighted by molar-refractivity contribution is -0.112. The summed E-state index contributed by atoms with van der Waals surface area (Å²) in [7, 11) is 0. The zero-order chi connectivity index (χ0) is 22.4. The second-order valence-electron chi connectivity index (χ2n) is 7.27. The van der Waals surface area contributed by atoms with Gasteiger partial charge in [0.15, 0.2) is 0 Å². The van der Waals surface area contributed by atoms with E-state index in [1.165, 1.54) is 24.3 Å². The summed E-state index contributed by atoms with van der Waals surface area (Å²) in [6.45, 7) is 2.97. The van der Waals surface area contributed by atoms with Gasteiger partial charge in [-0.25, -0.2) is 4.39 Å². The lowest BCUT2D eigenvalue weighted by Crippen LogP contribution is -2.36. The molecule has 160 valence electrons. The largest absolute Gasteiger partial charge is 0.404 e. The highest BCUT2D eigenvalue weighted by Gasteiger charge is 2.20. The summed E-state index contributed by atoms with van der Waals surface area (Å²) in [6, 6.07) is 12.9. The smallest absolute Gasteiger partial charge is 0.258 e. The van der Waals surface area contributed by atoms with Gasteiger partial charge < -0.3 is 21.1 Å². The number of aliphatic hydroxyl groups is 1. The molecule has 1 amide bonds. The van der Waals surface area contributed by atoms with Crippen molar-refractivity contribution in [2.24, 2.45) is 10.7 Å². The minimum absolute atomic E-state index is 0.164. The Morgan fingerprint density at radius 1 is 1.29 bits per heavy atom. The quantitative estimate of drug-likeness (QED) is 0.506. The molecule has 1 saturated heterocycles. The number of nitrogens with one attached hydrogen (secondary N) is 1. The van der Waals surface area contributed by atoms with E-state index in [0.717, 1.165) is 11.9 Å². The molecular formula is C23H24FN5O2. The summed E-state index contributed by atoms with van der Waals surface area (Å²) >= 11 is 0. The number of aliphatic hydroxyl groups excluding tert-OH is 1. The second kappa shape index (κ2) is 9.87. The van der Waals surface area contributed by atoms with Gasteiger partial charge >= 0.3 is 0 Å². The Morgan fingerprint density at radius 2 is 1.97 bits per heavy atom. The van der Waals surface area contributed by atoms with E-state index in [0.29, 0.717) is 48.6 Å². The van der Waals surface area contributed by atoms with Gasteiger partial charge in [-0.15, -0.1) is 0 Å². The van der Waals surface area contributed by atoms with E-state index in [4.69, 9.17) is 5.73 Å². The van der Waals surface area contributed by atoms with Crippen LogP contribution in [0.3, 0.4) is 0 Å². The molecule has 0 aliphatic carbocycles. The van der Waals surface area contributed by atoms with Gasteiger partial charge in [-0.05, 0) is 62.2 Å². The van der Waals surface area contributed by atoms with E-state index in [2.05, 4.69) is 21.3 Å². The lowest BCUT2D eigenvalue weighted by Gasteiger charge is -2.32. The second-order valence-corrected chi connectivity index (χ2v) is 7.27. The van der Waals surface area contributed by atoms with Gasteiger partial charge in [-0.3, -0.25) is 9.79 Å². The molecule has 4 N–H and O–H groups in total. The molecule has 8 heteroatoms. The van der Waals surface area contributed by atoms with E-state index in [1.807, 2.05) is 0 Å². The van der Waals surface area contributed by atoms with Crippen LogP contribution in [0.15, 0.2) is 59.2 Å². The standard InChI is InChI=1S/C23H24FN5O2/c1-15(27-18-4-2-17(24)3-5-18)21(14-26)23(31)28-19-6-7-22(16(12-19)13-25)29-10-8-20(30)9-11-29/h2-7,12,14,20,30H,8-11,26H2,1H3,(H,28,31). The lowest BCUT2D eigenvalue weighted by atomic mass is 10.0. The van der Waals surface area contributed by atoms with E-state index in [1.54, 1.807) is 25.1 Å². The first-order valence-corrected chi connectivity index (χ1v) is 9.93. The third kappa shape index (κ3) is 5.47. The van der Waals surface area contributed by atoms with Crippen molar-refractivity contribution in [3.05, 3.63) is 65.6 Å².